The molecular formula is C17H28N2O. The van der Waals surface area contributed by atoms with Crippen LogP contribution in [0.1, 0.15) is 51.4 Å². The van der Waals surface area contributed by atoms with Crippen LogP contribution in [-0.4, -0.2) is 18.5 Å². The van der Waals surface area contributed by atoms with Gasteiger partial charge in [0.05, 0.1) is 0 Å². The minimum absolute atomic E-state index is 0.0241. The molecule has 7 atom stereocenters. The summed E-state index contributed by atoms with van der Waals surface area (Å²) in [5, 5.41) is 3.77. The van der Waals surface area contributed by atoms with E-state index in [1.807, 2.05) is 0 Å². The average molecular weight is 276 g/mol. The molecule has 0 radical (unpaired) electrons. The zero-order valence-corrected chi connectivity index (χ0v) is 12.4. The van der Waals surface area contributed by atoms with Gasteiger partial charge in [-0.15, -0.1) is 0 Å². The topological polar surface area (TPSA) is 55.1 Å². The van der Waals surface area contributed by atoms with Crippen LogP contribution >= 0.6 is 0 Å². The third-order valence-corrected chi connectivity index (χ3v) is 7.17. The molecule has 0 aromatic carbocycles. The predicted molar refractivity (Wildman–Crippen MR) is 78.9 cm³/mol. The Balaban J connectivity index is 1.53. The van der Waals surface area contributed by atoms with Gasteiger partial charge in [0.1, 0.15) is 0 Å². The number of rotatable bonds is 1. The first-order chi connectivity index (χ1) is 9.75. The molecule has 20 heavy (non-hydrogen) atoms. The molecule has 4 rings (SSSR count). The van der Waals surface area contributed by atoms with Gasteiger partial charge in [0, 0.05) is 12.0 Å². The van der Waals surface area contributed by atoms with Crippen LogP contribution in [0.4, 0.5) is 0 Å². The SMILES string of the molecule is NC(=O)C1CCC2C1CCC1C3CCCNC3CCC12. The van der Waals surface area contributed by atoms with Crippen LogP contribution in [0.15, 0.2) is 0 Å². The second kappa shape index (κ2) is 5.01. The molecule has 4 fully saturated rings. The van der Waals surface area contributed by atoms with E-state index in [0.717, 1.165) is 36.1 Å². The standard InChI is InChI=1S/C17H28N2O/c18-17(20)15-6-5-10-11-7-8-16-14(2-1-9-19-16)12(11)3-4-13(10)15/h10-16,19H,1-9H2,(H2,18,20). The Kier molecular flexibility index (Phi) is 3.29. The number of piperidine rings is 1. The normalized spacial score (nSPS) is 50.9. The molecule has 7 unspecified atom stereocenters. The number of hydrogen-bond donors (Lipinski definition) is 2. The molecule has 1 saturated heterocycles. The fraction of sp³-hybridized carbons (Fsp3) is 0.941. The molecule has 3 nitrogen and oxygen atoms in total. The maximum Gasteiger partial charge on any atom is 0.220 e. The monoisotopic (exact) mass is 276 g/mol. The fourth-order valence-corrected chi connectivity index (χ4v) is 6.45. The highest BCUT2D eigenvalue weighted by Gasteiger charge is 2.52. The molecule has 3 N–H and O–H groups in total. The van der Waals surface area contributed by atoms with Crippen molar-refractivity contribution in [2.45, 2.75) is 57.4 Å². The maximum absolute atomic E-state index is 11.7. The molecule has 1 heterocycles. The Morgan fingerprint density at radius 3 is 2.30 bits per heavy atom. The molecule has 1 amide bonds. The van der Waals surface area contributed by atoms with E-state index in [1.54, 1.807) is 0 Å². The Hall–Kier alpha value is -0.570. The summed E-state index contributed by atoms with van der Waals surface area (Å²) in [5.74, 6) is 4.38. The molecule has 0 spiro atoms. The minimum atomic E-state index is -0.0241. The van der Waals surface area contributed by atoms with Crippen LogP contribution in [0.25, 0.3) is 0 Å². The summed E-state index contributed by atoms with van der Waals surface area (Å²) in [4.78, 5) is 11.7. The first-order valence-electron chi connectivity index (χ1n) is 8.78. The highest BCUT2D eigenvalue weighted by atomic mass is 16.1. The molecule has 3 aliphatic carbocycles. The van der Waals surface area contributed by atoms with E-state index in [0.29, 0.717) is 5.92 Å². The molecule has 4 aliphatic rings. The molecule has 0 aromatic heterocycles. The molecule has 1 aliphatic heterocycles. The zero-order valence-electron chi connectivity index (χ0n) is 12.4. The van der Waals surface area contributed by atoms with Gasteiger partial charge < -0.3 is 11.1 Å². The van der Waals surface area contributed by atoms with E-state index in [4.69, 9.17) is 5.73 Å². The van der Waals surface area contributed by atoms with Crippen LogP contribution in [0.2, 0.25) is 0 Å². The van der Waals surface area contributed by atoms with Gasteiger partial charge in [-0.2, -0.15) is 0 Å². The highest BCUT2D eigenvalue weighted by Crippen LogP contribution is 2.56. The minimum Gasteiger partial charge on any atom is -0.369 e. The van der Waals surface area contributed by atoms with E-state index in [1.165, 1.54) is 51.5 Å². The van der Waals surface area contributed by atoms with Crippen molar-refractivity contribution >= 4 is 5.91 Å². The van der Waals surface area contributed by atoms with Crippen molar-refractivity contribution in [1.29, 1.82) is 0 Å². The van der Waals surface area contributed by atoms with Crippen LogP contribution in [0.3, 0.4) is 0 Å². The number of nitrogens with one attached hydrogen (secondary N) is 1. The molecule has 0 aromatic rings. The first kappa shape index (κ1) is 13.1. The van der Waals surface area contributed by atoms with Crippen molar-refractivity contribution in [2.24, 2.45) is 41.2 Å². The van der Waals surface area contributed by atoms with Gasteiger partial charge in [-0.3, -0.25) is 4.79 Å². The van der Waals surface area contributed by atoms with Gasteiger partial charge in [0.15, 0.2) is 0 Å². The molecule has 3 saturated carbocycles. The van der Waals surface area contributed by atoms with Crippen molar-refractivity contribution in [2.75, 3.05) is 6.54 Å². The highest BCUT2D eigenvalue weighted by molar-refractivity contribution is 5.77. The van der Waals surface area contributed by atoms with Crippen molar-refractivity contribution < 1.29 is 4.79 Å². The van der Waals surface area contributed by atoms with Gasteiger partial charge in [-0.25, -0.2) is 0 Å². The second-order valence-electron chi connectivity index (χ2n) is 7.76. The van der Waals surface area contributed by atoms with Gasteiger partial charge in [-0.1, -0.05) is 0 Å². The van der Waals surface area contributed by atoms with E-state index in [-0.39, 0.29) is 11.8 Å². The van der Waals surface area contributed by atoms with Crippen molar-refractivity contribution in [1.82, 2.24) is 5.32 Å². The number of amides is 1. The van der Waals surface area contributed by atoms with E-state index >= 15 is 0 Å². The lowest BCUT2D eigenvalue weighted by molar-refractivity contribution is -0.124. The van der Waals surface area contributed by atoms with Gasteiger partial charge >= 0.3 is 0 Å². The molecule has 3 heteroatoms. The molecule has 0 bridgehead atoms. The summed E-state index contributed by atoms with van der Waals surface area (Å²) in [6.07, 6.45) is 10.5. The quantitative estimate of drug-likeness (QED) is 0.772. The largest absolute Gasteiger partial charge is 0.369 e. The maximum atomic E-state index is 11.7. The lowest BCUT2D eigenvalue weighted by atomic mass is 9.56. The van der Waals surface area contributed by atoms with Crippen molar-refractivity contribution in [3.05, 3.63) is 0 Å². The third-order valence-electron chi connectivity index (χ3n) is 7.17. The summed E-state index contributed by atoms with van der Waals surface area (Å²) in [5.41, 5.74) is 5.63. The van der Waals surface area contributed by atoms with Crippen LogP contribution in [0.5, 0.6) is 0 Å². The Labute approximate surface area is 122 Å². The number of nitrogens with two attached hydrogens (primary N) is 1. The number of fused-ring (bicyclic) bond motifs is 5. The Morgan fingerprint density at radius 1 is 0.800 bits per heavy atom. The van der Waals surface area contributed by atoms with Gasteiger partial charge in [-0.05, 0) is 87.5 Å². The second-order valence-corrected chi connectivity index (χ2v) is 7.76. The summed E-state index contributed by atoms with van der Waals surface area (Å²) >= 11 is 0. The summed E-state index contributed by atoms with van der Waals surface area (Å²) in [6.45, 7) is 1.23. The van der Waals surface area contributed by atoms with Crippen molar-refractivity contribution in [3.8, 4) is 0 Å². The average Bonchev–Trinajstić information content (AvgIpc) is 2.91. The van der Waals surface area contributed by atoms with Gasteiger partial charge in [0.25, 0.3) is 0 Å². The number of carbonyl (C=O) groups excluding carboxylic acids is 1. The number of hydrogen-bond acceptors (Lipinski definition) is 2. The fourth-order valence-electron chi connectivity index (χ4n) is 6.45. The summed E-state index contributed by atoms with van der Waals surface area (Å²) in [7, 11) is 0. The number of primary amides is 1. The van der Waals surface area contributed by atoms with E-state index in [2.05, 4.69) is 5.32 Å². The smallest absolute Gasteiger partial charge is 0.220 e. The first-order valence-corrected chi connectivity index (χ1v) is 8.78. The Bertz CT molecular complexity index is 396. The summed E-state index contributed by atoms with van der Waals surface area (Å²) in [6, 6.07) is 0.801. The summed E-state index contributed by atoms with van der Waals surface area (Å²) < 4.78 is 0. The van der Waals surface area contributed by atoms with E-state index in [9.17, 15) is 4.79 Å². The van der Waals surface area contributed by atoms with Crippen molar-refractivity contribution in [3.63, 3.8) is 0 Å². The van der Waals surface area contributed by atoms with Crippen LogP contribution in [0, 0.1) is 35.5 Å². The zero-order chi connectivity index (χ0) is 13.7. The third kappa shape index (κ3) is 1.93. The Morgan fingerprint density at radius 2 is 1.45 bits per heavy atom. The lowest BCUT2D eigenvalue weighted by Gasteiger charge is -2.52. The predicted octanol–water partition coefficient (Wildman–Crippen LogP) is 2.30. The molecule has 112 valence electrons. The number of carbonyl (C=O) groups is 1. The lowest BCUT2D eigenvalue weighted by Crippen LogP contribution is -2.52. The van der Waals surface area contributed by atoms with Crippen LogP contribution < -0.4 is 11.1 Å². The molecular weight excluding hydrogens is 248 g/mol. The van der Waals surface area contributed by atoms with E-state index < -0.39 is 0 Å². The van der Waals surface area contributed by atoms with Crippen LogP contribution in [-0.2, 0) is 4.79 Å². The van der Waals surface area contributed by atoms with Gasteiger partial charge in [0.2, 0.25) is 5.91 Å².